The number of allylic oxidation sites excluding steroid dienone is 3. The van der Waals surface area contributed by atoms with E-state index in [1.165, 1.54) is 12.2 Å². The first-order valence-corrected chi connectivity index (χ1v) is 14.5. The van der Waals surface area contributed by atoms with Crippen LogP contribution in [0.25, 0.3) is 0 Å². The molecule has 1 heterocycles. The molecule has 2 aliphatic rings. The molecule has 1 fully saturated rings. The molecular formula is C31H24ClF2OP. The van der Waals surface area contributed by atoms with Crippen LogP contribution in [0.2, 0.25) is 5.02 Å². The molecule has 3 atom stereocenters. The number of rotatable bonds is 4. The molecule has 1 aliphatic heterocycles. The topological polar surface area (TPSA) is 9.23 Å². The molecule has 0 amide bonds. The van der Waals surface area contributed by atoms with Gasteiger partial charge in [-0.2, -0.15) is 0 Å². The summed E-state index contributed by atoms with van der Waals surface area (Å²) in [7, 11) is 0. The van der Waals surface area contributed by atoms with Gasteiger partial charge in [-0.1, -0.05) is 0 Å². The van der Waals surface area contributed by atoms with E-state index in [0.29, 0.717) is 5.02 Å². The van der Waals surface area contributed by atoms with Crippen molar-refractivity contribution < 1.29 is 13.3 Å². The minimum absolute atomic E-state index is 0.427. The second-order valence-corrected chi connectivity index (χ2v) is 14.3. The van der Waals surface area contributed by atoms with Gasteiger partial charge in [-0.05, 0) is 0 Å². The molecule has 1 aliphatic carbocycles. The molecular weight excluding hydrogens is 493 g/mol. The SMILES string of the molecule is FC1=CC2C(c3ccc(Cl)cc3)OP(c3ccccc3)(c3ccccc3)(c3ccccc3)C2C=C1F. The Morgan fingerprint density at radius 3 is 1.50 bits per heavy atom. The Morgan fingerprint density at radius 1 is 0.583 bits per heavy atom. The molecule has 180 valence electrons. The quantitative estimate of drug-likeness (QED) is 0.254. The Balaban J connectivity index is 1.78. The average molecular weight is 517 g/mol. The molecule has 0 spiro atoms. The summed E-state index contributed by atoms with van der Waals surface area (Å²) in [6, 6.07) is 37.7. The van der Waals surface area contributed by atoms with E-state index in [0.717, 1.165) is 21.5 Å². The van der Waals surface area contributed by atoms with Gasteiger partial charge in [0.15, 0.2) is 0 Å². The molecule has 0 aromatic heterocycles. The van der Waals surface area contributed by atoms with Crippen molar-refractivity contribution in [3.63, 3.8) is 0 Å². The van der Waals surface area contributed by atoms with Crippen LogP contribution in [0.3, 0.4) is 0 Å². The van der Waals surface area contributed by atoms with E-state index in [1.807, 2.05) is 78.9 Å². The van der Waals surface area contributed by atoms with Crippen LogP contribution in [-0.2, 0) is 4.52 Å². The van der Waals surface area contributed by atoms with E-state index >= 15 is 4.39 Å². The minimum atomic E-state index is -3.90. The third kappa shape index (κ3) is 3.20. The number of hydrogen-bond acceptors (Lipinski definition) is 1. The Bertz CT molecular complexity index is 1350. The summed E-state index contributed by atoms with van der Waals surface area (Å²) in [4.78, 5) is 0. The molecule has 1 nitrogen and oxygen atoms in total. The molecule has 0 saturated carbocycles. The number of hydrogen-bond donors (Lipinski definition) is 0. The second-order valence-electron chi connectivity index (χ2n) is 9.28. The zero-order chi connectivity index (χ0) is 24.8. The summed E-state index contributed by atoms with van der Waals surface area (Å²) >= 11 is 6.21. The first kappa shape index (κ1) is 23.3. The third-order valence-corrected chi connectivity index (χ3v) is 14.1. The summed E-state index contributed by atoms with van der Waals surface area (Å²) in [5.74, 6) is -2.11. The van der Waals surface area contributed by atoms with E-state index in [9.17, 15) is 4.39 Å². The van der Waals surface area contributed by atoms with E-state index in [4.69, 9.17) is 16.1 Å². The molecule has 0 radical (unpaired) electrons. The van der Waals surface area contributed by atoms with Crippen molar-refractivity contribution in [2.24, 2.45) is 5.92 Å². The summed E-state index contributed by atoms with van der Waals surface area (Å²) in [5, 5.41) is 3.54. The molecule has 6 rings (SSSR count). The number of benzene rings is 4. The van der Waals surface area contributed by atoms with Crippen LogP contribution >= 0.6 is 18.4 Å². The van der Waals surface area contributed by atoms with Crippen molar-refractivity contribution >= 4 is 34.3 Å². The average Bonchev–Trinajstić information content (AvgIpc) is 3.23. The molecule has 0 bridgehead atoms. The van der Waals surface area contributed by atoms with E-state index in [1.54, 1.807) is 0 Å². The van der Waals surface area contributed by atoms with Crippen LogP contribution in [0.15, 0.2) is 139 Å². The van der Waals surface area contributed by atoms with Crippen molar-refractivity contribution in [1.29, 1.82) is 0 Å². The zero-order valence-electron chi connectivity index (χ0n) is 19.3. The van der Waals surface area contributed by atoms with E-state index < -0.39 is 36.2 Å². The first-order chi connectivity index (χ1) is 17.5. The van der Waals surface area contributed by atoms with E-state index in [2.05, 4.69) is 36.4 Å². The normalized spacial score (nSPS) is 25.1. The van der Waals surface area contributed by atoms with Gasteiger partial charge in [-0.15, -0.1) is 0 Å². The van der Waals surface area contributed by atoms with Crippen molar-refractivity contribution in [3.8, 4) is 0 Å². The third-order valence-electron chi connectivity index (χ3n) is 7.53. The second kappa shape index (κ2) is 8.78. The van der Waals surface area contributed by atoms with Gasteiger partial charge < -0.3 is 0 Å². The molecule has 4 aromatic carbocycles. The van der Waals surface area contributed by atoms with Crippen LogP contribution in [0.4, 0.5) is 8.78 Å². The summed E-state index contributed by atoms with van der Waals surface area (Å²) in [6.07, 6.45) is 2.38. The van der Waals surface area contributed by atoms with Gasteiger partial charge in [0.05, 0.1) is 0 Å². The van der Waals surface area contributed by atoms with Crippen LogP contribution in [-0.4, -0.2) is 5.66 Å². The van der Waals surface area contributed by atoms with Crippen LogP contribution in [0.5, 0.6) is 0 Å². The van der Waals surface area contributed by atoms with Crippen molar-refractivity contribution in [3.05, 3.63) is 150 Å². The maximum absolute atomic E-state index is 15.2. The fraction of sp³-hybridized carbons (Fsp3) is 0.0968. The van der Waals surface area contributed by atoms with Crippen LogP contribution in [0.1, 0.15) is 11.7 Å². The first-order valence-electron chi connectivity index (χ1n) is 11.9. The van der Waals surface area contributed by atoms with Crippen molar-refractivity contribution in [2.45, 2.75) is 11.8 Å². The number of fused-ring (bicyclic) bond motifs is 1. The van der Waals surface area contributed by atoms with E-state index in [-0.39, 0.29) is 0 Å². The predicted molar refractivity (Wildman–Crippen MR) is 146 cm³/mol. The fourth-order valence-electron chi connectivity index (χ4n) is 6.06. The molecule has 5 heteroatoms. The summed E-state index contributed by atoms with van der Waals surface area (Å²) in [6.45, 7) is -3.90. The Kier molecular flexibility index (Phi) is 5.68. The summed E-state index contributed by atoms with van der Waals surface area (Å²) in [5.41, 5.74) is 0.423. The standard InChI is InChI=1S/C31H24ClF2OP/c32-23-18-16-22(17-19-23)31-27-20-28(33)29(34)21-30(27)36(35-31,24-10-4-1-5-11-24,25-12-6-2-7-13-25)26-14-8-3-9-15-26/h1-21,27,30-31H. The fourth-order valence-corrected chi connectivity index (χ4v) is 13.0. The van der Waals surface area contributed by atoms with Crippen molar-refractivity contribution in [2.75, 3.05) is 0 Å². The van der Waals surface area contributed by atoms with Crippen molar-refractivity contribution in [1.82, 2.24) is 0 Å². The Hall–Kier alpha value is -3.10. The van der Waals surface area contributed by atoms with Gasteiger partial charge >= 0.3 is 215 Å². The Labute approximate surface area is 214 Å². The number of halogens is 3. The van der Waals surface area contributed by atoms with Crippen LogP contribution in [0, 0.1) is 5.92 Å². The molecule has 4 aromatic rings. The van der Waals surface area contributed by atoms with Gasteiger partial charge in [-0.3, -0.25) is 0 Å². The molecule has 36 heavy (non-hydrogen) atoms. The monoisotopic (exact) mass is 516 g/mol. The van der Waals surface area contributed by atoms with Gasteiger partial charge in [0.2, 0.25) is 0 Å². The van der Waals surface area contributed by atoms with Gasteiger partial charge in [0.1, 0.15) is 0 Å². The zero-order valence-corrected chi connectivity index (χ0v) is 21.0. The Morgan fingerprint density at radius 2 is 1.03 bits per heavy atom. The van der Waals surface area contributed by atoms with Gasteiger partial charge in [-0.25, -0.2) is 0 Å². The van der Waals surface area contributed by atoms with Gasteiger partial charge in [0.25, 0.3) is 0 Å². The molecule has 0 N–H and O–H groups in total. The van der Waals surface area contributed by atoms with Gasteiger partial charge in [0, 0.05) is 0 Å². The molecule has 3 unspecified atom stereocenters. The van der Waals surface area contributed by atoms with Crippen LogP contribution < -0.4 is 15.9 Å². The summed E-state index contributed by atoms with van der Waals surface area (Å²) < 4.78 is 37.7. The molecule has 1 saturated heterocycles. The maximum atomic E-state index is 15.2. The predicted octanol–water partition coefficient (Wildman–Crippen LogP) is 7.56.